The molecular weight excluding hydrogens is 228 g/mol. The largest absolute Gasteiger partial charge is 0.473 e. The molecule has 18 heavy (non-hydrogen) atoms. The molecule has 0 saturated heterocycles. The van der Waals surface area contributed by atoms with Crippen molar-refractivity contribution in [2.75, 3.05) is 25.1 Å². The zero-order valence-electron chi connectivity index (χ0n) is 11.6. The predicted octanol–water partition coefficient (Wildman–Crippen LogP) is 3.10. The van der Waals surface area contributed by atoms with E-state index in [-0.39, 0.29) is 6.10 Å². The summed E-state index contributed by atoms with van der Waals surface area (Å²) in [5.41, 5.74) is 0.922. The molecule has 0 aromatic carbocycles. The molecular formula is C14H24N2O2. The third-order valence-electron chi connectivity index (χ3n) is 2.32. The molecule has 1 heterocycles. The van der Waals surface area contributed by atoms with Crippen LogP contribution in [0.5, 0.6) is 5.88 Å². The minimum absolute atomic E-state index is 0.126. The Bertz CT molecular complexity index is 329. The van der Waals surface area contributed by atoms with Crippen LogP contribution in [0.15, 0.2) is 18.3 Å². The number of nitrogens with one attached hydrogen (secondary N) is 1. The summed E-state index contributed by atoms with van der Waals surface area (Å²) >= 11 is 0. The van der Waals surface area contributed by atoms with Crippen LogP contribution in [-0.4, -0.2) is 30.8 Å². The molecule has 0 aliphatic rings. The van der Waals surface area contributed by atoms with Crippen molar-refractivity contribution in [1.29, 1.82) is 0 Å². The molecule has 1 N–H and O–H groups in total. The lowest BCUT2D eigenvalue weighted by Gasteiger charge is -2.14. The van der Waals surface area contributed by atoms with Crippen molar-refractivity contribution in [2.45, 2.75) is 39.7 Å². The van der Waals surface area contributed by atoms with E-state index in [4.69, 9.17) is 9.47 Å². The van der Waals surface area contributed by atoms with E-state index in [0.717, 1.165) is 25.3 Å². The molecule has 1 rings (SSSR count). The average molecular weight is 252 g/mol. The van der Waals surface area contributed by atoms with Crippen molar-refractivity contribution >= 4 is 5.69 Å². The molecule has 1 aromatic heterocycles. The summed E-state index contributed by atoms with van der Waals surface area (Å²) in [6, 6.07) is 3.87. The van der Waals surface area contributed by atoms with Gasteiger partial charge in [0.15, 0.2) is 0 Å². The Labute approximate surface area is 110 Å². The van der Waals surface area contributed by atoms with Crippen molar-refractivity contribution in [3.8, 4) is 5.88 Å². The molecule has 0 amide bonds. The molecule has 4 nitrogen and oxygen atoms in total. The van der Waals surface area contributed by atoms with E-state index >= 15 is 0 Å². The molecule has 0 aliphatic carbocycles. The van der Waals surface area contributed by atoms with E-state index in [1.165, 1.54) is 6.42 Å². The van der Waals surface area contributed by atoms with Crippen LogP contribution >= 0.6 is 0 Å². The molecule has 102 valence electrons. The highest BCUT2D eigenvalue weighted by molar-refractivity contribution is 5.51. The number of nitrogens with zero attached hydrogens (tertiary/aromatic N) is 1. The van der Waals surface area contributed by atoms with Crippen LogP contribution in [0, 0.1) is 0 Å². The SMILES string of the molecule is CCCCOCCNc1cccnc1OC(C)C. The Hall–Kier alpha value is -1.29. The van der Waals surface area contributed by atoms with Crippen molar-refractivity contribution in [3.05, 3.63) is 18.3 Å². The number of unbranched alkanes of at least 4 members (excludes halogenated alkanes) is 1. The minimum atomic E-state index is 0.126. The fourth-order valence-corrected chi connectivity index (χ4v) is 1.45. The normalized spacial score (nSPS) is 10.7. The summed E-state index contributed by atoms with van der Waals surface area (Å²) in [6.07, 6.45) is 4.15. The average Bonchev–Trinajstić information content (AvgIpc) is 2.35. The smallest absolute Gasteiger partial charge is 0.237 e. The van der Waals surface area contributed by atoms with Gasteiger partial charge in [0.2, 0.25) is 5.88 Å². The van der Waals surface area contributed by atoms with Crippen molar-refractivity contribution in [2.24, 2.45) is 0 Å². The molecule has 0 unspecified atom stereocenters. The number of hydrogen-bond donors (Lipinski definition) is 1. The Morgan fingerprint density at radius 1 is 1.33 bits per heavy atom. The molecule has 0 atom stereocenters. The molecule has 0 bridgehead atoms. The molecule has 4 heteroatoms. The summed E-state index contributed by atoms with van der Waals surface area (Å²) in [6.45, 7) is 8.45. The number of anilines is 1. The topological polar surface area (TPSA) is 43.4 Å². The second kappa shape index (κ2) is 8.75. The maximum Gasteiger partial charge on any atom is 0.237 e. The third-order valence-corrected chi connectivity index (χ3v) is 2.32. The second-order valence-corrected chi connectivity index (χ2v) is 4.42. The first kappa shape index (κ1) is 14.8. The van der Waals surface area contributed by atoms with Gasteiger partial charge in [0, 0.05) is 19.3 Å². The Balaban J connectivity index is 2.32. The monoisotopic (exact) mass is 252 g/mol. The van der Waals surface area contributed by atoms with Gasteiger partial charge in [-0.25, -0.2) is 4.98 Å². The third kappa shape index (κ3) is 5.87. The Morgan fingerprint density at radius 3 is 2.89 bits per heavy atom. The quantitative estimate of drug-likeness (QED) is 0.686. The van der Waals surface area contributed by atoms with E-state index in [0.29, 0.717) is 12.5 Å². The molecule has 0 aliphatic heterocycles. The van der Waals surface area contributed by atoms with E-state index in [2.05, 4.69) is 17.2 Å². The molecule has 1 aromatic rings. The first-order valence-electron chi connectivity index (χ1n) is 6.67. The fourth-order valence-electron chi connectivity index (χ4n) is 1.45. The molecule has 0 saturated carbocycles. The lowest BCUT2D eigenvalue weighted by atomic mass is 10.3. The highest BCUT2D eigenvalue weighted by atomic mass is 16.5. The van der Waals surface area contributed by atoms with Gasteiger partial charge in [-0.15, -0.1) is 0 Å². The summed E-state index contributed by atoms with van der Waals surface area (Å²) in [5, 5.41) is 3.28. The molecule has 0 spiro atoms. The Morgan fingerprint density at radius 2 is 2.17 bits per heavy atom. The van der Waals surface area contributed by atoms with Crippen molar-refractivity contribution < 1.29 is 9.47 Å². The zero-order chi connectivity index (χ0) is 13.2. The first-order valence-corrected chi connectivity index (χ1v) is 6.67. The van der Waals surface area contributed by atoms with Gasteiger partial charge < -0.3 is 14.8 Å². The second-order valence-electron chi connectivity index (χ2n) is 4.42. The minimum Gasteiger partial charge on any atom is -0.473 e. The van der Waals surface area contributed by atoms with Gasteiger partial charge in [0.1, 0.15) is 0 Å². The van der Waals surface area contributed by atoms with Crippen LogP contribution in [-0.2, 0) is 4.74 Å². The highest BCUT2D eigenvalue weighted by Gasteiger charge is 2.05. The van der Waals surface area contributed by atoms with Crippen molar-refractivity contribution in [3.63, 3.8) is 0 Å². The van der Waals surface area contributed by atoms with Crippen LogP contribution in [0.4, 0.5) is 5.69 Å². The maximum atomic E-state index is 5.63. The van der Waals surface area contributed by atoms with E-state index < -0.39 is 0 Å². The van der Waals surface area contributed by atoms with Gasteiger partial charge in [-0.2, -0.15) is 0 Å². The number of ether oxygens (including phenoxy) is 2. The zero-order valence-corrected chi connectivity index (χ0v) is 11.6. The van der Waals surface area contributed by atoms with E-state index in [1.807, 2.05) is 26.0 Å². The first-order chi connectivity index (χ1) is 8.74. The van der Waals surface area contributed by atoms with E-state index in [9.17, 15) is 0 Å². The Kier molecular flexibility index (Phi) is 7.18. The summed E-state index contributed by atoms with van der Waals surface area (Å²) in [5.74, 6) is 0.654. The number of aromatic nitrogens is 1. The van der Waals surface area contributed by atoms with Gasteiger partial charge in [-0.3, -0.25) is 0 Å². The van der Waals surface area contributed by atoms with Crippen molar-refractivity contribution in [1.82, 2.24) is 4.98 Å². The van der Waals surface area contributed by atoms with Crippen LogP contribution in [0.3, 0.4) is 0 Å². The predicted molar refractivity (Wildman–Crippen MR) is 74.2 cm³/mol. The standard InChI is InChI=1S/C14H24N2O2/c1-4-5-10-17-11-9-15-13-7-6-8-16-14(13)18-12(2)3/h6-8,12,15H,4-5,9-11H2,1-3H3. The molecule has 0 fully saturated rings. The van der Waals surface area contributed by atoms with Crippen LogP contribution in [0.1, 0.15) is 33.6 Å². The summed E-state index contributed by atoms with van der Waals surface area (Å²) in [4.78, 5) is 4.22. The van der Waals surface area contributed by atoms with Gasteiger partial charge in [0.25, 0.3) is 0 Å². The lowest BCUT2D eigenvalue weighted by Crippen LogP contribution is -2.13. The summed E-state index contributed by atoms with van der Waals surface area (Å²) < 4.78 is 11.1. The summed E-state index contributed by atoms with van der Waals surface area (Å²) in [7, 11) is 0. The molecule has 0 radical (unpaired) electrons. The van der Waals surface area contributed by atoms with Gasteiger partial charge in [-0.1, -0.05) is 13.3 Å². The fraction of sp³-hybridized carbons (Fsp3) is 0.643. The van der Waals surface area contributed by atoms with Crippen LogP contribution < -0.4 is 10.1 Å². The number of rotatable bonds is 9. The highest BCUT2D eigenvalue weighted by Crippen LogP contribution is 2.21. The maximum absolute atomic E-state index is 5.63. The number of hydrogen-bond acceptors (Lipinski definition) is 4. The van der Waals surface area contributed by atoms with Gasteiger partial charge in [0.05, 0.1) is 18.4 Å². The van der Waals surface area contributed by atoms with E-state index in [1.54, 1.807) is 6.20 Å². The van der Waals surface area contributed by atoms with Gasteiger partial charge >= 0.3 is 0 Å². The lowest BCUT2D eigenvalue weighted by molar-refractivity contribution is 0.141. The van der Waals surface area contributed by atoms with Crippen LogP contribution in [0.2, 0.25) is 0 Å². The number of pyridine rings is 1. The van der Waals surface area contributed by atoms with Crippen LogP contribution in [0.25, 0.3) is 0 Å². The van der Waals surface area contributed by atoms with Gasteiger partial charge in [-0.05, 0) is 32.4 Å².